The van der Waals surface area contributed by atoms with Crippen molar-refractivity contribution < 1.29 is 9.47 Å². The number of piperidine rings is 1. The molecule has 2 aliphatic rings. The zero-order chi connectivity index (χ0) is 17.0. The van der Waals surface area contributed by atoms with Crippen LogP contribution in [0.5, 0.6) is 0 Å². The van der Waals surface area contributed by atoms with Crippen molar-refractivity contribution in [3.63, 3.8) is 0 Å². The summed E-state index contributed by atoms with van der Waals surface area (Å²) in [5, 5.41) is 4.43. The van der Waals surface area contributed by atoms with E-state index < -0.39 is 0 Å². The molecule has 2 aliphatic heterocycles. The van der Waals surface area contributed by atoms with Gasteiger partial charge in [0.2, 0.25) is 0 Å². The van der Waals surface area contributed by atoms with Crippen molar-refractivity contribution in [1.82, 2.24) is 9.88 Å². The van der Waals surface area contributed by atoms with Crippen molar-refractivity contribution in [2.75, 3.05) is 26.3 Å². The van der Waals surface area contributed by atoms with E-state index in [1.165, 1.54) is 17.5 Å². The van der Waals surface area contributed by atoms with Gasteiger partial charge in [0, 0.05) is 44.0 Å². The van der Waals surface area contributed by atoms with Gasteiger partial charge >= 0.3 is 0 Å². The molecule has 2 aromatic rings. The molecule has 4 heterocycles. The maximum absolute atomic E-state index is 6.17. The third kappa shape index (κ3) is 4.11. The molecule has 25 heavy (non-hydrogen) atoms. The van der Waals surface area contributed by atoms with Gasteiger partial charge in [-0.05, 0) is 59.3 Å². The maximum atomic E-state index is 6.17. The molecule has 2 saturated heterocycles. The largest absolute Gasteiger partial charge is 0.377 e. The molecule has 4 nitrogen and oxygen atoms in total. The number of aromatic nitrogens is 1. The van der Waals surface area contributed by atoms with Gasteiger partial charge in [-0.3, -0.25) is 9.88 Å². The van der Waals surface area contributed by atoms with E-state index in [0.29, 0.717) is 12.7 Å². The normalized spacial score (nSPS) is 27.1. The van der Waals surface area contributed by atoms with Gasteiger partial charge < -0.3 is 9.47 Å². The Morgan fingerprint density at radius 1 is 1.28 bits per heavy atom. The van der Waals surface area contributed by atoms with E-state index in [4.69, 9.17) is 9.47 Å². The maximum Gasteiger partial charge on any atom is 0.0718 e. The molecule has 0 radical (unpaired) electrons. The molecule has 0 bridgehead atoms. The second-order valence-electron chi connectivity index (χ2n) is 7.30. The number of pyridine rings is 1. The van der Waals surface area contributed by atoms with Crippen molar-refractivity contribution in [2.45, 2.75) is 38.5 Å². The molecule has 134 valence electrons. The molecule has 0 amide bonds. The van der Waals surface area contributed by atoms with E-state index in [9.17, 15) is 0 Å². The molecule has 0 saturated carbocycles. The Labute approximate surface area is 153 Å². The fraction of sp³-hybridized carbons (Fsp3) is 0.550. The average Bonchev–Trinajstić information content (AvgIpc) is 3.15. The van der Waals surface area contributed by atoms with Crippen LogP contribution in [-0.4, -0.2) is 42.3 Å². The molecule has 2 atom stereocenters. The van der Waals surface area contributed by atoms with Gasteiger partial charge in [0.15, 0.2) is 0 Å². The van der Waals surface area contributed by atoms with Gasteiger partial charge in [-0.2, -0.15) is 11.3 Å². The predicted octanol–water partition coefficient (Wildman–Crippen LogP) is 3.73. The highest BCUT2D eigenvalue weighted by Crippen LogP contribution is 2.41. The van der Waals surface area contributed by atoms with Gasteiger partial charge in [-0.25, -0.2) is 0 Å². The number of thiophene rings is 1. The lowest BCUT2D eigenvalue weighted by atomic mass is 9.73. The highest BCUT2D eigenvalue weighted by molar-refractivity contribution is 7.07. The lowest BCUT2D eigenvalue weighted by Crippen LogP contribution is -2.56. The van der Waals surface area contributed by atoms with Crippen LogP contribution in [0, 0.1) is 5.41 Å². The van der Waals surface area contributed by atoms with Crippen LogP contribution in [0.25, 0.3) is 0 Å². The quantitative estimate of drug-likeness (QED) is 0.788. The molecule has 5 heteroatoms. The fourth-order valence-electron chi connectivity index (χ4n) is 4.22. The van der Waals surface area contributed by atoms with Crippen molar-refractivity contribution >= 4 is 11.3 Å². The van der Waals surface area contributed by atoms with E-state index in [-0.39, 0.29) is 5.41 Å². The molecular weight excluding hydrogens is 332 g/mol. The number of hydrogen-bond donors (Lipinski definition) is 0. The van der Waals surface area contributed by atoms with Crippen molar-refractivity contribution in [3.05, 3.63) is 52.5 Å². The van der Waals surface area contributed by atoms with E-state index in [1.807, 2.05) is 24.5 Å². The van der Waals surface area contributed by atoms with Crippen molar-refractivity contribution in [2.24, 2.45) is 5.41 Å². The molecular formula is C20H26N2O2S. The zero-order valence-electron chi connectivity index (χ0n) is 14.6. The number of hydrogen-bond acceptors (Lipinski definition) is 5. The van der Waals surface area contributed by atoms with Crippen LogP contribution in [0.15, 0.2) is 41.4 Å². The first-order chi connectivity index (χ1) is 12.3. The molecule has 0 unspecified atom stereocenters. The Kier molecular flexibility index (Phi) is 5.46. The molecule has 0 N–H and O–H groups in total. The molecule has 0 spiro atoms. The predicted molar refractivity (Wildman–Crippen MR) is 99.5 cm³/mol. The third-order valence-corrected chi connectivity index (χ3v) is 6.19. The van der Waals surface area contributed by atoms with Crippen LogP contribution < -0.4 is 0 Å². The minimum absolute atomic E-state index is 0.138. The molecule has 0 aliphatic carbocycles. The van der Waals surface area contributed by atoms with E-state index in [2.05, 4.69) is 26.7 Å². The van der Waals surface area contributed by atoms with Gasteiger partial charge in [-0.15, -0.1) is 0 Å². The summed E-state index contributed by atoms with van der Waals surface area (Å²) in [4.78, 5) is 6.66. The third-order valence-electron chi connectivity index (χ3n) is 5.46. The van der Waals surface area contributed by atoms with E-state index >= 15 is 0 Å². The standard InChI is InChI=1S/C20H26N2O2S/c1-6-20(16-23-13-17-2-7-21-8-3-17)15-22(9-4-19(20)24-10-1)12-18-5-11-25-14-18/h2-3,5,7-8,11,14,19H,1,4,6,9-10,12-13,15-16H2/t19-,20-/m0/s1. The first kappa shape index (κ1) is 17.2. The summed E-state index contributed by atoms with van der Waals surface area (Å²) in [6.45, 7) is 5.57. The fourth-order valence-corrected chi connectivity index (χ4v) is 4.88. The van der Waals surface area contributed by atoms with Gasteiger partial charge in [0.25, 0.3) is 0 Å². The summed E-state index contributed by atoms with van der Waals surface area (Å²) in [5.74, 6) is 0. The molecule has 0 aromatic carbocycles. The molecule has 2 aromatic heterocycles. The van der Waals surface area contributed by atoms with Crippen LogP contribution in [0.3, 0.4) is 0 Å². The van der Waals surface area contributed by atoms with Crippen LogP contribution in [0.2, 0.25) is 0 Å². The summed E-state index contributed by atoms with van der Waals surface area (Å²) in [5.41, 5.74) is 2.75. The van der Waals surface area contributed by atoms with Crippen LogP contribution in [0.4, 0.5) is 0 Å². The number of nitrogens with zero attached hydrogens (tertiary/aromatic N) is 2. The highest BCUT2D eigenvalue weighted by atomic mass is 32.1. The second kappa shape index (κ2) is 7.96. The number of rotatable bonds is 6. The van der Waals surface area contributed by atoms with E-state index in [1.54, 1.807) is 11.3 Å². The van der Waals surface area contributed by atoms with Crippen LogP contribution >= 0.6 is 11.3 Å². The Balaban J connectivity index is 1.40. The summed E-state index contributed by atoms with van der Waals surface area (Å²) >= 11 is 1.78. The summed E-state index contributed by atoms with van der Waals surface area (Å²) in [6.07, 6.45) is 7.45. The van der Waals surface area contributed by atoms with Gasteiger partial charge in [0.05, 0.1) is 19.3 Å². The number of ether oxygens (including phenoxy) is 2. The van der Waals surface area contributed by atoms with Crippen molar-refractivity contribution in [1.29, 1.82) is 0 Å². The molecule has 2 fully saturated rings. The lowest BCUT2D eigenvalue weighted by Gasteiger charge is -2.50. The first-order valence-electron chi connectivity index (χ1n) is 9.16. The minimum Gasteiger partial charge on any atom is -0.377 e. The molecule has 4 rings (SSSR count). The highest BCUT2D eigenvalue weighted by Gasteiger charge is 2.46. The average molecular weight is 359 g/mol. The summed E-state index contributed by atoms with van der Waals surface area (Å²) in [6, 6.07) is 6.28. The lowest BCUT2D eigenvalue weighted by molar-refractivity contribution is -0.155. The Hall–Kier alpha value is -1.27. The van der Waals surface area contributed by atoms with Gasteiger partial charge in [-0.1, -0.05) is 0 Å². The topological polar surface area (TPSA) is 34.6 Å². The number of likely N-dealkylation sites (tertiary alicyclic amines) is 1. The minimum atomic E-state index is 0.138. The Morgan fingerprint density at radius 3 is 3.04 bits per heavy atom. The van der Waals surface area contributed by atoms with Crippen molar-refractivity contribution in [3.8, 4) is 0 Å². The summed E-state index contributed by atoms with van der Waals surface area (Å²) < 4.78 is 12.3. The van der Waals surface area contributed by atoms with Crippen LogP contribution in [-0.2, 0) is 22.6 Å². The van der Waals surface area contributed by atoms with E-state index in [0.717, 1.165) is 45.7 Å². The van der Waals surface area contributed by atoms with Gasteiger partial charge in [0.1, 0.15) is 0 Å². The van der Waals surface area contributed by atoms with Crippen LogP contribution in [0.1, 0.15) is 30.4 Å². The second-order valence-corrected chi connectivity index (χ2v) is 8.08. The Morgan fingerprint density at radius 2 is 2.20 bits per heavy atom. The SMILES string of the molecule is c1cc(COC[C@@]23CCCO[C@H]2CCN(Cc2ccsc2)C3)ccn1. The first-order valence-corrected chi connectivity index (χ1v) is 10.1. The Bertz CT molecular complexity index is 649. The monoisotopic (exact) mass is 358 g/mol. The zero-order valence-corrected chi connectivity index (χ0v) is 15.4. The summed E-state index contributed by atoms with van der Waals surface area (Å²) in [7, 11) is 0. The number of fused-ring (bicyclic) bond motifs is 1. The smallest absolute Gasteiger partial charge is 0.0718 e.